The molecule has 0 unspecified atom stereocenters. The van der Waals surface area contributed by atoms with Crippen molar-refractivity contribution in [1.29, 1.82) is 0 Å². The van der Waals surface area contributed by atoms with Crippen LogP contribution in [0.15, 0.2) is 33.7 Å². The van der Waals surface area contributed by atoms with E-state index in [1.165, 1.54) is 75.9 Å². The van der Waals surface area contributed by atoms with Gasteiger partial charge in [-0.05, 0) is 51.9 Å². The molecular weight excluding hydrogens is 607 g/mol. The van der Waals surface area contributed by atoms with Gasteiger partial charge in [0.25, 0.3) is 0 Å². The first kappa shape index (κ1) is 33.1. The fourth-order valence-electron chi connectivity index (χ4n) is 4.93. The van der Waals surface area contributed by atoms with Crippen molar-refractivity contribution < 1.29 is 36.1 Å². The standard InChI is InChI=1S/2C12H20NSi.2CH3O.Hf/c2*1-11-6-7-12(10-11)14(2,3)13-8-4-5-9-13;2*1-2;/h2*6H,4-5,7-9H2,1-3H3;2*1H3;/q4*-1;+4. The van der Waals surface area contributed by atoms with Crippen LogP contribution >= 0.6 is 0 Å². The van der Waals surface area contributed by atoms with Gasteiger partial charge in [0.05, 0.1) is 0 Å². The van der Waals surface area contributed by atoms with Crippen molar-refractivity contribution in [2.75, 3.05) is 40.4 Å². The van der Waals surface area contributed by atoms with Gasteiger partial charge in [0, 0.05) is 0 Å². The normalized spacial score (nSPS) is 20.7. The Hall–Kier alpha value is 0.104. The predicted octanol–water partition coefficient (Wildman–Crippen LogP) is 3.76. The second-order valence-electron chi connectivity index (χ2n) is 9.90. The zero-order valence-corrected chi connectivity index (χ0v) is 28.0. The molecule has 2 heterocycles. The van der Waals surface area contributed by atoms with Gasteiger partial charge in [-0.25, -0.2) is 23.3 Å². The third-order valence-electron chi connectivity index (χ3n) is 7.19. The summed E-state index contributed by atoms with van der Waals surface area (Å²) in [6.07, 6.45) is 19.7. The molecule has 0 radical (unpaired) electrons. The van der Waals surface area contributed by atoms with E-state index in [0.717, 1.165) is 14.2 Å². The van der Waals surface area contributed by atoms with Gasteiger partial charge < -0.3 is 19.3 Å². The molecule has 33 heavy (non-hydrogen) atoms. The maximum atomic E-state index is 8.25. The summed E-state index contributed by atoms with van der Waals surface area (Å²) in [7, 11) is -1.08. The summed E-state index contributed by atoms with van der Waals surface area (Å²) in [6, 6.07) is 0. The van der Waals surface area contributed by atoms with E-state index in [1.54, 1.807) is 10.4 Å². The van der Waals surface area contributed by atoms with Gasteiger partial charge in [0.2, 0.25) is 0 Å². The van der Waals surface area contributed by atoms with E-state index in [-0.39, 0.29) is 25.8 Å². The summed E-state index contributed by atoms with van der Waals surface area (Å²) in [4.78, 5) is 0. The third-order valence-corrected chi connectivity index (χ3v) is 14.9. The van der Waals surface area contributed by atoms with Crippen molar-refractivity contribution in [3.05, 3.63) is 45.8 Å². The molecule has 4 aliphatic rings. The number of nitrogens with zero attached hydrogens (tertiary/aromatic N) is 2. The molecule has 4 rings (SSSR count). The number of rotatable bonds is 4. The van der Waals surface area contributed by atoms with Crippen LogP contribution < -0.4 is 10.2 Å². The fourth-order valence-corrected chi connectivity index (χ4v) is 10.8. The van der Waals surface area contributed by atoms with Crippen LogP contribution in [0.25, 0.3) is 0 Å². The fraction of sp³-hybridized carbons (Fsp3) is 0.692. The van der Waals surface area contributed by atoms with Crippen molar-refractivity contribution in [1.82, 2.24) is 9.13 Å². The van der Waals surface area contributed by atoms with Crippen molar-refractivity contribution >= 4 is 16.5 Å². The molecule has 0 aromatic heterocycles. The van der Waals surface area contributed by atoms with Gasteiger partial charge in [0.15, 0.2) is 0 Å². The molecule has 0 aromatic carbocycles. The minimum absolute atomic E-state index is 0. The summed E-state index contributed by atoms with van der Waals surface area (Å²) in [5.41, 5.74) is 2.69. The van der Waals surface area contributed by atoms with Crippen molar-refractivity contribution in [2.45, 2.75) is 78.6 Å². The Labute approximate surface area is 225 Å². The molecule has 7 heteroatoms. The first-order chi connectivity index (χ1) is 15.2. The molecule has 0 spiro atoms. The molecule has 0 amide bonds. The Balaban J connectivity index is 0.000000526. The largest absolute Gasteiger partial charge is 4.00 e. The minimum Gasteiger partial charge on any atom is -0.857 e. The summed E-state index contributed by atoms with van der Waals surface area (Å²) in [5.74, 6) is 0. The van der Waals surface area contributed by atoms with E-state index in [4.69, 9.17) is 10.2 Å². The molecule has 0 aromatic rings. The van der Waals surface area contributed by atoms with Crippen LogP contribution in [0.1, 0.15) is 52.4 Å². The van der Waals surface area contributed by atoms with Crippen LogP contribution in [-0.4, -0.2) is 66.0 Å². The average molecular weight is 653 g/mol. The average Bonchev–Trinajstić information content (AvgIpc) is 3.59. The first-order valence-corrected chi connectivity index (χ1v) is 18.0. The Morgan fingerprint density at radius 3 is 1.12 bits per heavy atom. The van der Waals surface area contributed by atoms with Crippen molar-refractivity contribution in [3.63, 3.8) is 0 Å². The molecule has 0 bridgehead atoms. The molecule has 2 aliphatic heterocycles. The van der Waals surface area contributed by atoms with Gasteiger partial charge in [-0.15, -0.1) is 0 Å². The maximum Gasteiger partial charge on any atom is 4.00 e. The van der Waals surface area contributed by atoms with E-state index < -0.39 is 16.5 Å². The molecule has 2 aliphatic carbocycles. The predicted molar refractivity (Wildman–Crippen MR) is 139 cm³/mol. The zero-order valence-electron chi connectivity index (χ0n) is 22.4. The van der Waals surface area contributed by atoms with Crippen molar-refractivity contribution in [2.24, 2.45) is 0 Å². The Kier molecular flexibility index (Phi) is 16.0. The van der Waals surface area contributed by atoms with E-state index in [0.29, 0.717) is 0 Å². The monoisotopic (exact) mass is 654 g/mol. The topological polar surface area (TPSA) is 52.6 Å². The van der Waals surface area contributed by atoms with E-state index >= 15 is 0 Å². The smallest absolute Gasteiger partial charge is 0.857 e. The molecule has 0 atom stereocenters. The molecule has 4 nitrogen and oxygen atoms in total. The van der Waals surface area contributed by atoms with Crippen LogP contribution in [0, 0.1) is 12.2 Å². The van der Waals surface area contributed by atoms with Crippen LogP contribution in [0.3, 0.4) is 0 Å². The number of allylic oxidation sites excluding steroid dienone is 8. The summed E-state index contributed by atoms with van der Waals surface area (Å²) in [6.45, 7) is 19.5. The van der Waals surface area contributed by atoms with Gasteiger partial charge >= 0.3 is 25.8 Å². The first-order valence-electron chi connectivity index (χ1n) is 12.1. The van der Waals surface area contributed by atoms with E-state index in [1.807, 2.05) is 0 Å². The summed E-state index contributed by atoms with van der Waals surface area (Å²) >= 11 is 0. The molecular formula is C26H46HfN2O2Si2. The van der Waals surface area contributed by atoms with Gasteiger partial charge in [0.1, 0.15) is 16.5 Å². The molecule has 0 saturated carbocycles. The van der Waals surface area contributed by atoms with Gasteiger partial charge in [-0.1, -0.05) is 52.9 Å². The Morgan fingerprint density at radius 2 is 0.909 bits per heavy atom. The summed E-state index contributed by atoms with van der Waals surface area (Å²) < 4.78 is 5.48. The van der Waals surface area contributed by atoms with Crippen LogP contribution in [0.2, 0.25) is 26.2 Å². The minimum atomic E-state index is -1.29. The number of hydrogen-bond acceptors (Lipinski definition) is 4. The Bertz CT molecular complexity index is 643. The number of hydrogen-bond donors (Lipinski definition) is 0. The third kappa shape index (κ3) is 9.24. The van der Waals surface area contributed by atoms with Crippen LogP contribution in [-0.2, 0) is 25.8 Å². The second-order valence-corrected chi connectivity index (χ2v) is 18.6. The van der Waals surface area contributed by atoms with Crippen LogP contribution in [0.4, 0.5) is 0 Å². The van der Waals surface area contributed by atoms with Crippen molar-refractivity contribution in [3.8, 4) is 0 Å². The van der Waals surface area contributed by atoms with E-state index in [2.05, 4.69) is 73.5 Å². The Morgan fingerprint density at radius 1 is 0.636 bits per heavy atom. The molecule has 184 valence electrons. The molecule has 0 N–H and O–H groups in total. The SMILES string of the molecule is CC1=CCC([Si](C)(C)N2CCCC2)=[C-]1.CC1=CCC([Si](C)(C)N2CCCC2)=[C-]1.C[O-].C[O-].[Hf+4]. The van der Waals surface area contributed by atoms with E-state index in [9.17, 15) is 0 Å². The summed E-state index contributed by atoms with van der Waals surface area (Å²) in [5, 5.41) is 19.7. The molecule has 2 fully saturated rings. The van der Waals surface area contributed by atoms with Gasteiger partial charge in [-0.2, -0.15) is 24.6 Å². The molecule has 2 saturated heterocycles. The quantitative estimate of drug-likeness (QED) is 0.343. The van der Waals surface area contributed by atoms with Gasteiger partial charge in [-0.3, -0.25) is 12.2 Å². The maximum absolute atomic E-state index is 8.25. The van der Waals surface area contributed by atoms with Crippen LogP contribution in [0.5, 0.6) is 0 Å². The zero-order chi connectivity index (χ0) is 24.4. The second kappa shape index (κ2) is 16.0.